The van der Waals surface area contributed by atoms with Crippen LogP contribution in [0.5, 0.6) is 0 Å². The minimum atomic E-state index is -4.35. The molecule has 1 aliphatic rings. The molecule has 0 unspecified atom stereocenters. The number of halogens is 3. The number of thiazole rings is 1. The highest BCUT2D eigenvalue weighted by Gasteiger charge is 2.33. The predicted octanol–water partition coefficient (Wildman–Crippen LogP) is 1.60. The van der Waals surface area contributed by atoms with E-state index in [0.717, 1.165) is 35.8 Å². The number of aromatic nitrogens is 1. The van der Waals surface area contributed by atoms with Crippen LogP contribution in [0.25, 0.3) is 0 Å². The van der Waals surface area contributed by atoms with E-state index in [9.17, 15) is 13.2 Å². The number of alkyl halides is 3. The first-order valence-electron chi connectivity index (χ1n) is 5.48. The van der Waals surface area contributed by atoms with Crippen LogP contribution in [0.1, 0.15) is 10.7 Å². The molecule has 0 atom stereocenters. The number of rotatable bonds is 3. The highest BCUT2D eigenvalue weighted by atomic mass is 32.1. The van der Waals surface area contributed by atoms with Crippen molar-refractivity contribution in [3.05, 3.63) is 16.1 Å². The van der Waals surface area contributed by atoms with E-state index >= 15 is 0 Å². The van der Waals surface area contributed by atoms with E-state index in [4.69, 9.17) is 0 Å². The van der Waals surface area contributed by atoms with Crippen LogP contribution in [0, 0.1) is 0 Å². The van der Waals surface area contributed by atoms with Gasteiger partial charge in [0, 0.05) is 31.9 Å². The van der Waals surface area contributed by atoms with E-state index < -0.39 is 11.9 Å². The van der Waals surface area contributed by atoms with E-state index in [-0.39, 0.29) is 0 Å². The molecule has 1 aromatic rings. The largest absolute Gasteiger partial charge is 0.434 e. The summed E-state index contributed by atoms with van der Waals surface area (Å²) in [6.07, 6.45) is -3.88. The van der Waals surface area contributed by atoms with E-state index in [1.54, 1.807) is 0 Å². The van der Waals surface area contributed by atoms with Gasteiger partial charge < -0.3 is 10.2 Å². The molecule has 0 aromatic carbocycles. The van der Waals surface area contributed by atoms with Gasteiger partial charge in [-0.1, -0.05) is 0 Å². The third-order valence-electron chi connectivity index (χ3n) is 2.52. The zero-order chi connectivity index (χ0) is 13.2. The molecule has 2 rings (SSSR count). The molecule has 1 aliphatic heterocycles. The topological polar surface area (TPSA) is 40.5 Å². The molecule has 0 spiro atoms. The molecule has 0 radical (unpaired) electrons. The third-order valence-corrected chi connectivity index (χ3v) is 3.43. The minimum absolute atomic E-state index is 0.466. The fraction of sp³-hybridized carbons (Fsp3) is 0.600. The van der Waals surface area contributed by atoms with Crippen molar-refractivity contribution in [2.24, 2.45) is 4.99 Å². The molecule has 100 valence electrons. The number of likely N-dealkylation sites (N-methyl/N-ethyl adjacent to an activating group) is 1. The smallest absolute Gasteiger partial charge is 0.356 e. The summed E-state index contributed by atoms with van der Waals surface area (Å²) in [7, 11) is 1.92. The van der Waals surface area contributed by atoms with E-state index in [1.807, 2.05) is 11.9 Å². The predicted molar refractivity (Wildman–Crippen MR) is 63.8 cm³/mol. The SMILES string of the molecule is CN1CCN=C1NCCc1nc(C(F)(F)F)cs1. The number of guanidine groups is 1. The summed E-state index contributed by atoms with van der Waals surface area (Å²) in [6.45, 7) is 2.17. The Kier molecular flexibility index (Phi) is 3.74. The Hall–Kier alpha value is -1.31. The Bertz CT molecular complexity index is 441. The lowest BCUT2D eigenvalue weighted by atomic mass is 10.4. The Balaban J connectivity index is 1.82. The molecule has 0 amide bonds. The first kappa shape index (κ1) is 13.1. The van der Waals surface area contributed by atoms with Crippen LogP contribution < -0.4 is 5.32 Å². The average Bonchev–Trinajstić information content (AvgIpc) is 2.88. The van der Waals surface area contributed by atoms with Crippen molar-refractivity contribution in [3.8, 4) is 0 Å². The maximum Gasteiger partial charge on any atom is 0.434 e. The van der Waals surface area contributed by atoms with Crippen LogP contribution in [0.2, 0.25) is 0 Å². The van der Waals surface area contributed by atoms with Crippen LogP contribution in [0.3, 0.4) is 0 Å². The number of hydrogen-bond donors (Lipinski definition) is 1. The fourth-order valence-electron chi connectivity index (χ4n) is 1.56. The number of hydrogen-bond acceptors (Lipinski definition) is 5. The summed E-state index contributed by atoms with van der Waals surface area (Å²) < 4.78 is 37.0. The molecule has 1 aromatic heterocycles. The molecule has 4 nitrogen and oxygen atoms in total. The minimum Gasteiger partial charge on any atom is -0.356 e. The fourth-order valence-corrected chi connectivity index (χ4v) is 2.37. The summed E-state index contributed by atoms with van der Waals surface area (Å²) in [5, 5.41) is 4.62. The molecular weight excluding hydrogens is 265 g/mol. The average molecular weight is 278 g/mol. The van der Waals surface area contributed by atoms with E-state index in [1.165, 1.54) is 0 Å². The standard InChI is InChI=1S/C10H13F3N4S/c1-17-5-4-15-9(17)14-3-2-8-16-7(6-18-8)10(11,12)13/h6H,2-5H2,1H3,(H,14,15). The quantitative estimate of drug-likeness (QED) is 0.913. The first-order chi connectivity index (χ1) is 8.47. The molecule has 1 N–H and O–H groups in total. The van der Waals surface area contributed by atoms with E-state index in [0.29, 0.717) is 18.0 Å². The van der Waals surface area contributed by atoms with Gasteiger partial charge in [-0.25, -0.2) is 4.98 Å². The first-order valence-corrected chi connectivity index (χ1v) is 6.36. The summed E-state index contributed by atoms with van der Waals surface area (Å²) >= 11 is 1.04. The lowest BCUT2D eigenvalue weighted by Crippen LogP contribution is -2.36. The van der Waals surface area contributed by atoms with Crippen molar-refractivity contribution in [1.82, 2.24) is 15.2 Å². The van der Waals surface area contributed by atoms with Gasteiger partial charge in [-0.2, -0.15) is 13.2 Å². The van der Waals surface area contributed by atoms with Crippen molar-refractivity contribution >= 4 is 17.3 Å². The summed E-state index contributed by atoms with van der Waals surface area (Å²) in [6, 6.07) is 0. The van der Waals surface area contributed by atoms with Gasteiger partial charge in [0.05, 0.1) is 11.6 Å². The zero-order valence-corrected chi connectivity index (χ0v) is 10.6. The van der Waals surface area contributed by atoms with Crippen LogP contribution in [0.4, 0.5) is 13.2 Å². The van der Waals surface area contributed by atoms with Gasteiger partial charge in [-0.3, -0.25) is 4.99 Å². The number of nitrogens with zero attached hydrogens (tertiary/aromatic N) is 3. The van der Waals surface area contributed by atoms with Crippen molar-refractivity contribution < 1.29 is 13.2 Å². The second-order valence-corrected chi connectivity index (χ2v) is 4.87. The molecule has 0 saturated heterocycles. The van der Waals surface area contributed by atoms with Gasteiger partial charge >= 0.3 is 6.18 Å². The highest BCUT2D eigenvalue weighted by Crippen LogP contribution is 2.29. The molecule has 0 fully saturated rings. The van der Waals surface area contributed by atoms with Crippen molar-refractivity contribution in [2.75, 3.05) is 26.7 Å². The molecule has 2 heterocycles. The molecule has 18 heavy (non-hydrogen) atoms. The van der Waals surface area contributed by atoms with Gasteiger partial charge in [0.1, 0.15) is 0 Å². The molecule has 0 saturated carbocycles. The molecular formula is C10H13F3N4S. The van der Waals surface area contributed by atoms with Crippen LogP contribution >= 0.6 is 11.3 Å². The van der Waals surface area contributed by atoms with Crippen LogP contribution in [-0.2, 0) is 12.6 Å². The second kappa shape index (κ2) is 5.13. The number of aliphatic imine (C=N–C) groups is 1. The van der Waals surface area contributed by atoms with Gasteiger partial charge in [0.25, 0.3) is 0 Å². The van der Waals surface area contributed by atoms with Crippen LogP contribution in [-0.4, -0.2) is 42.5 Å². The van der Waals surface area contributed by atoms with Crippen LogP contribution in [0.15, 0.2) is 10.4 Å². The lowest BCUT2D eigenvalue weighted by Gasteiger charge is -2.14. The maximum atomic E-state index is 12.3. The summed E-state index contributed by atoms with van der Waals surface area (Å²) in [4.78, 5) is 9.77. The zero-order valence-electron chi connectivity index (χ0n) is 9.79. The number of nitrogens with one attached hydrogen (secondary N) is 1. The van der Waals surface area contributed by atoms with Crippen molar-refractivity contribution in [1.29, 1.82) is 0 Å². The Morgan fingerprint density at radius 1 is 1.50 bits per heavy atom. The van der Waals surface area contributed by atoms with Crippen molar-refractivity contribution in [3.63, 3.8) is 0 Å². The highest BCUT2D eigenvalue weighted by molar-refractivity contribution is 7.09. The molecule has 8 heteroatoms. The van der Waals surface area contributed by atoms with Gasteiger partial charge in [0.2, 0.25) is 0 Å². The van der Waals surface area contributed by atoms with Gasteiger partial charge in [0.15, 0.2) is 11.7 Å². The van der Waals surface area contributed by atoms with Gasteiger partial charge in [-0.15, -0.1) is 11.3 Å². The summed E-state index contributed by atoms with van der Waals surface area (Å²) in [5.41, 5.74) is -0.808. The van der Waals surface area contributed by atoms with E-state index in [2.05, 4.69) is 15.3 Å². The lowest BCUT2D eigenvalue weighted by molar-refractivity contribution is -0.140. The van der Waals surface area contributed by atoms with Crippen molar-refractivity contribution in [2.45, 2.75) is 12.6 Å². The monoisotopic (exact) mass is 278 g/mol. The Morgan fingerprint density at radius 2 is 2.28 bits per heavy atom. The molecule has 0 bridgehead atoms. The third kappa shape index (κ3) is 3.12. The Morgan fingerprint density at radius 3 is 2.83 bits per heavy atom. The normalized spacial score (nSPS) is 16.0. The maximum absolute atomic E-state index is 12.3. The second-order valence-electron chi connectivity index (χ2n) is 3.93. The van der Waals surface area contributed by atoms with Gasteiger partial charge in [-0.05, 0) is 0 Å². The molecule has 0 aliphatic carbocycles. The Labute approximate surface area is 107 Å². The summed E-state index contributed by atoms with van der Waals surface area (Å²) in [5.74, 6) is 0.794.